The fourth-order valence-electron chi connectivity index (χ4n) is 5.12. The van der Waals surface area contributed by atoms with Crippen LogP contribution in [0, 0.1) is 0 Å². The van der Waals surface area contributed by atoms with Gasteiger partial charge < -0.3 is 15.2 Å². The van der Waals surface area contributed by atoms with Crippen LogP contribution < -0.4 is 11.3 Å². The zero-order chi connectivity index (χ0) is 28.5. The first-order chi connectivity index (χ1) is 19.9. The molecule has 10 heteroatoms. The van der Waals surface area contributed by atoms with E-state index in [0.717, 1.165) is 36.4 Å². The first kappa shape index (κ1) is 26.1. The van der Waals surface area contributed by atoms with Crippen LogP contribution in [-0.4, -0.2) is 66.0 Å². The van der Waals surface area contributed by atoms with Crippen molar-refractivity contribution in [2.24, 2.45) is 7.05 Å². The maximum Gasteiger partial charge on any atom is 0.250 e. The van der Waals surface area contributed by atoms with E-state index >= 15 is 0 Å². The monoisotopic (exact) mass is 546 g/mol. The van der Waals surface area contributed by atoms with Crippen LogP contribution in [0.5, 0.6) is 0 Å². The molecule has 1 aliphatic heterocycles. The molecule has 41 heavy (non-hydrogen) atoms. The largest absolute Gasteiger partial charge is 0.383 e. The molecule has 0 radical (unpaired) electrons. The summed E-state index contributed by atoms with van der Waals surface area (Å²) in [7, 11) is 1.72. The maximum absolute atomic E-state index is 12.3. The van der Waals surface area contributed by atoms with Crippen molar-refractivity contribution in [2.75, 3.05) is 31.9 Å². The molecule has 0 atom stereocenters. The van der Waals surface area contributed by atoms with Crippen molar-refractivity contribution in [2.45, 2.75) is 6.54 Å². The molecule has 2 N–H and O–H groups in total. The second-order valence-electron chi connectivity index (χ2n) is 10.1. The predicted octanol–water partition coefficient (Wildman–Crippen LogP) is 3.26. The van der Waals surface area contributed by atoms with Gasteiger partial charge in [0.2, 0.25) is 5.91 Å². The van der Waals surface area contributed by atoms with E-state index in [2.05, 4.69) is 40.7 Å². The van der Waals surface area contributed by atoms with E-state index < -0.39 is 0 Å². The van der Waals surface area contributed by atoms with E-state index in [9.17, 15) is 9.59 Å². The number of piperazine rings is 1. The lowest BCUT2D eigenvalue weighted by atomic mass is 10.1. The molecule has 1 amide bonds. The Bertz CT molecular complexity index is 1810. The van der Waals surface area contributed by atoms with Gasteiger partial charge in [-0.25, -0.2) is 15.0 Å². The van der Waals surface area contributed by atoms with Crippen LogP contribution in [0.2, 0.25) is 0 Å². The van der Waals surface area contributed by atoms with E-state index in [1.54, 1.807) is 25.5 Å². The standard InChI is InChI=1S/C31H30N8O2/c1-3-27(40)38-17-15-37(16-18-38)20-21-6-8-23(9-7-21)39-30(24-5-4-13-33-29(24)32)35-26-11-10-25(34-31(26)39)22-12-14-36(2)28(41)19-22/h3-14,19H,1,15-18,20H2,2H3,(H2,32,33). The maximum atomic E-state index is 12.3. The van der Waals surface area contributed by atoms with Gasteiger partial charge in [0.05, 0.1) is 11.3 Å². The van der Waals surface area contributed by atoms with Crippen LogP contribution in [0.4, 0.5) is 5.82 Å². The zero-order valence-electron chi connectivity index (χ0n) is 22.8. The van der Waals surface area contributed by atoms with Crippen LogP contribution in [0.3, 0.4) is 0 Å². The molecule has 6 rings (SSSR count). The zero-order valence-corrected chi connectivity index (χ0v) is 22.8. The smallest absolute Gasteiger partial charge is 0.250 e. The Morgan fingerprint density at radius 3 is 2.51 bits per heavy atom. The Kier molecular flexibility index (Phi) is 6.90. The van der Waals surface area contributed by atoms with Crippen molar-refractivity contribution >= 4 is 22.9 Å². The minimum Gasteiger partial charge on any atom is -0.383 e. The summed E-state index contributed by atoms with van der Waals surface area (Å²) in [5.41, 5.74) is 11.7. The van der Waals surface area contributed by atoms with Crippen LogP contribution >= 0.6 is 0 Å². The highest BCUT2D eigenvalue weighted by atomic mass is 16.2. The highest BCUT2D eigenvalue weighted by Crippen LogP contribution is 2.31. The summed E-state index contributed by atoms with van der Waals surface area (Å²) in [5.74, 6) is 0.995. The lowest BCUT2D eigenvalue weighted by molar-refractivity contribution is -0.127. The summed E-state index contributed by atoms with van der Waals surface area (Å²) in [6.45, 7) is 7.39. The second kappa shape index (κ2) is 10.8. The summed E-state index contributed by atoms with van der Waals surface area (Å²) in [6.07, 6.45) is 4.76. The van der Waals surface area contributed by atoms with Gasteiger partial charge in [0.15, 0.2) is 11.5 Å². The van der Waals surface area contributed by atoms with E-state index in [1.807, 2.05) is 39.8 Å². The molecule has 1 aliphatic rings. The van der Waals surface area contributed by atoms with Crippen molar-refractivity contribution in [3.63, 3.8) is 0 Å². The predicted molar refractivity (Wildman–Crippen MR) is 159 cm³/mol. The number of nitrogen functional groups attached to an aromatic ring is 1. The number of rotatable bonds is 6. The number of aryl methyl sites for hydroxylation is 1. The second-order valence-corrected chi connectivity index (χ2v) is 10.1. The minimum absolute atomic E-state index is 0.0156. The molecule has 4 aromatic heterocycles. The SMILES string of the molecule is C=CC(=O)N1CCN(Cc2ccc(-n3c(-c4cccnc4N)nc4ccc(-c5ccn(C)c(=O)c5)nc43)cc2)CC1. The normalized spacial score (nSPS) is 13.9. The van der Waals surface area contributed by atoms with Crippen molar-refractivity contribution in [1.29, 1.82) is 0 Å². The molecule has 5 aromatic rings. The third kappa shape index (κ3) is 5.12. The summed E-state index contributed by atoms with van der Waals surface area (Å²) >= 11 is 0. The molecule has 1 aromatic carbocycles. The number of carbonyl (C=O) groups excluding carboxylic acids is 1. The molecule has 0 bridgehead atoms. The first-order valence-corrected chi connectivity index (χ1v) is 13.4. The molecule has 5 heterocycles. The van der Waals surface area contributed by atoms with E-state index in [0.29, 0.717) is 47.2 Å². The Morgan fingerprint density at radius 1 is 1.02 bits per heavy atom. The van der Waals surface area contributed by atoms with Gasteiger partial charge in [-0.1, -0.05) is 18.7 Å². The molecular weight excluding hydrogens is 516 g/mol. The third-order valence-electron chi connectivity index (χ3n) is 7.44. The van der Waals surface area contributed by atoms with Crippen LogP contribution in [0.1, 0.15) is 5.56 Å². The molecule has 1 fully saturated rings. The van der Waals surface area contributed by atoms with Gasteiger partial charge in [-0.3, -0.25) is 19.1 Å². The number of benzene rings is 1. The molecule has 0 aliphatic carbocycles. The van der Waals surface area contributed by atoms with E-state index in [4.69, 9.17) is 15.7 Å². The van der Waals surface area contributed by atoms with E-state index in [-0.39, 0.29) is 11.5 Å². The van der Waals surface area contributed by atoms with Crippen LogP contribution in [0.25, 0.3) is 39.5 Å². The van der Waals surface area contributed by atoms with Crippen molar-refractivity contribution < 1.29 is 4.79 Å². The van der Waals surface area contributed by atoms with Gasteiger partial charge in [-0.2, -0.15) is 0 Å². The van der Waals surface area contributed by atoms with Gasteiger partial charge in [-0.05, 0) is 54.1 Å². The number of nitrogens with two attached hydrogens (primary N) is 1. The van der Waals surface area contributed by atoms with Gasteiger partial charge in [0.1, 0.15) is 11.3 Å². The molecule has 1 saturated heterocycles. The highest BCUT2D eigenvalue weighted by molar-refractivity contribution is 5.87. The van der Waals surface area contributed by atoms with Gasteiger partial charge in [0, 0.05) is 69.5 Å². The highest BCUT2D eigenvalue weighted by Gasteiger charge is 2.21. The molecular formula is C31H30N8O2. The fourth-order valence-corrected chi connectivity index (χ4v) is 5.12. The average molecular weight is 547 g/mol. The number of nitrogens with zero attached hydrogens (tertiary/aromatic N) is 7. The number of carbonyl (C=O) groups is 1. The molecule has 0 saturated carbocycles. The summed E-state index contributed by atoms with van der Waals surface area (Å²) in [5, 5.41) is 0. The number of imidazole rings is 1. The van der Waals surface area contributed by atoms with E-state index in [1.165, 1.54) is 10.6 Å². The van der Waals surface area contributed by atoms with Crippen molar-refractivity contribution in [3.05, 3.63) is 102 Å². The Labute approximate surface area is 237 Å². The average Bonchev–Trinajstić information content (AvgIpc) is 3.37. The third-order valence-corrected chi connectivity index (χ3v) is 7.44. The fraction of sp³-hybridized carbons (Fsp3) is 0.194. The van der Waals surface area contributed by atoms with Crippen LogP contribution in [0.15, 0.2) is 90.5 Å². The number of hydrogen-bond acceptors (Lipinski definition) is 7. The lowest BCUT2D eigenvalue weighted by Gasteiger charge is -2.34. The molecule has 0 unspecified atom stereocenters. The molecule has 206 valence electrons. The molecule has 10 nitrogen and oxygen atoms in total. The number of aromatic nitrogens is 5. The molecule has 0 spiro atoms. The number of hydrogen-bond donors (Lipinski definition) is 1. The Balaban J connectivity index is 1.37. The van der Waals surface area contributed by atoms with Crippen molar-refractivity contribution in [1.82, 2.24) is 33.9 Å². The minimum atomic E-state index is -0.106. The topological polar surface area (TPSA) is 115 Å². The number of anilines is 1. The van der Waals surface area contributed by atoms with Crippen LogP contribution in [-0.2, 0) is 18.4 Å². The van der Waals surface area contributed by atoms with Gasteiger partial charge in [-0.15, -0.1) is 0 Å². The Morgan fingerprint density at radius 2 is 1.80 bits per heavy atom. The van der Waals surface area contributed by atoms with Gasteiger partial charge >= 0.3 is 0 Å². The lowest BCUT2D eigenvalue weighted by Crippen LogP contribution is -2.47. The summed E-state index contributed by atoms with van der Waals surface area (Å²) < 4.78 is 3.51. The Hall–Kier alpha value is -5.09. The number of pyridine rings is 3. The van der Waals surface area contributed by atoms with Crippen molar-refractivity contribution in [3.8, 4) is 28.3 Å². The first-order valence-electron chi connectivity index (χ1n) is 13.4. The number of fused-ring (bicyclic) bond motifs is 1. The van der Waals surface area contributed by atoms with Gasteiger partial charge in [0.25, 0.3) is 5.56 Å². The quantitative estimate of drug-likeness (QED) is 0.325. The summed E-state index contributed by atoms with van der Waals surface area (Å²) in [6, 6.07) is 19.3. The summed E-state index contributed by atoms with van der Waals surface area (Å²) in [4.78, 5) is 42.5. The number of amides is 1.